The van der Waals surface area contributed by atoms with E-state index in [1.54, 1.807) is 6.92 Å². The van der Waals surface area contributed by atoms with Crippen LogP contribution in [0.5, 0.6) is 0 Å². The Balaban J connectivity index is 1.64. The van der Waals surface area contributed by atoms with Crippen LogP contribution in [0.2, 0.25) is 5.02 Å². The molecule has 1 aliphatic rings. The maximum absolute atomic E-state index is 11.8. The molecule has 2 aromatic heterocycles. The summed E-state index contributed by atoms with van der Waals surface area (Å²) in [5, 5.41) is 12.3. The lowest BCUT2D eigenvalue weighted by Crippen LogP contribution is -2.04. The van der Waals surface area contributed by atoms with E-state index in [2.05, 4.69) is 58.5 Å². The number of imidazole rings is 1. The van der Waals surface area contributed by atoms with Gasteiger partial charge in [0.05, 0.1) is 16.1 Å². The van der Waals surface area contributed by atoms with Crippen molar-refractivity contribution in [2.24, 2.45) is 5.92 Å². The molecule has 1 aliphatic carbocycles. The third-order valence-corrected chi connectivity index (χ3v) is 7.25. The molecule has 3 aromatic carbocycles. The lowest BCUT2D eigenvalue weighted by molar-refractivity contribution is 0.0696. The minimum atomic E-state index is -1.02. The standard InChI is InChI=1S/C27H24ClN3O2/c1-3-30-20-7-5-4-6-18(20)19-13-17(10-11-21(19)30)26-29-25-22(31(26)14-16-8-9-16)12-15(2)23(24(25)28)27(32)33/h4-7,10-13,16H,3,8-9,14H2,1-2H3,(H,32,33). The Morgan fingerprint density at radius 3 is 2.55 bits per heavy atom. The van der Waals surface area contributed by atoms with Gasteiger partial charge < -0.3 is 14.2 Å². The van der Waals surface area contributed by atoms with Crippen molar-refractivity contribution >= 4 is 50.4 Å². The van der Waals surface area contributed by atoms with Gasteiger partial charge in [0.25, 0.3) is 0 Å². The first kappa shape index (κ1) is 20.3. The summed E-state index contributed by atoms with van der Waals surface area (Å²) in [4.78, 5) is 16.7. The fourth-order valence-corrected chi connectivity index (χ4v) is 5.47. The second-order valence-corrected chi connectivity index (χ2v) is 9.42. The molecule has 33 heavy (non-hydrogen) atoms. The quantitative estimate of drug-likeness (QED) is 0.312. The summed E-state index contributed by atoms with van der Waals surface area (Å²) < 4.78 is 4.57. The number of aromatic carboxylic acids is 1. The number of fused-ring (bicyclic) bond motifs is 4. The van der Waals surface area contributed by atoms with Gasteiger partial charge in [-0.05, 0) is 68.5 Å². The molecule has 6 rings (SSSR count). The normalized spacial score (nSPS) is 14.0. The average molecular weight is 458 g/mol. The summed E-state index contributed by atoms with van der Waals surface area (Å²) in [5.74, 6) is 0.451. The van der Waals surface area contributed by atoms with E-state index < -0.39 is 5.97 Å². The van der Waals surface area contributed by atoms with Crippen LogP contribution in [0.15, 0.2) is 48.5 Å². The maximum Gasteiger partial charge on any atom is 0.337 e. The van der Waals surface area contributed by atoms with E-state index in [-0.39, 0.29) is 10.6 Å². The molecule has 6 heteroatoms. The van der Waals surface area contributed by atoms with Crippen LogP contribution in [0, 0.1) is 12.8 Å². The maximum atomic E-state index is 11.8. The van der Waals surface area contributed by atoms with Crippen LogP contribution in [0.4, 0.5) is 0 Å². The largest absolute Gasteiger partial charge is 0.478 e. The molecular weight excluding hydrogens is 434 g/mol. The molecule has 1 saturated carbocycles. The predicted octanol–water partition coefficient (Wildman–Crippen LogP) is 6.90. The van der Waals surface area contributed by atoms with Crippen LogP contribution >= 0.6 is 11.6 Å². The highest BCUT2D eigenvalue weighted by molar-refractivity contribution is 6.38. The third-order valence-electron chi connectivity index (χ3n) is 6.88. The highest BCUT2D eigenvalue weighted by atomic mass is 35.5. The average Bonchev–Trinajstić information content (AvgIpc) is 3.47. The fourth-order valence-electron chi connectivity index (χ4n) is 5.10. The number of nitrogens with zero attached hydrogens (tertiary/aromatic N) is 3. The zero-order valence-corrected chi connectivity index (χ0v) is 19.4. The molecule has 166 valence electrons. The number of aryl methyl sites for hydroxylation is 2. The molecule has 0 atom stereocenters. The molecule has 5 aromatic rings. The molecule has 2 heterocycles. The summed E-state index contributed by atoms with van der Waals surface area (Å²) in [6.45, 7) is 5.73. The zero-order valence-electron chi connectivity index (χ0n) is 18.6. The smallest absolute Gasteiger partial charge is 0.337 e. The molecule has 0 spiro atoms. The van der Waals surface area contributed by atoms with Crippen LogP contribution in [0.1, 0.15) is 35.7 Å². The number of hydrogen-bond donors (Lipinski definition) is 1. The van der Waals surface area contributed by atoms with E-state index >= 15 is 0 Å². The van der Waals surface area contributed by atoms with Crippen LogP contribution in [0.3, 0.4) is 0 Å². The highest BCUT2D eigenvalue weighted by Gasteiger charge is 2.27. The number of carbonyl (C=O) groups is 1. The van der Waals surface area contributed by atoms with E-state index in [0.717, 1.165) is 30.0 Å². The second kappa shape index (κ2) is 7.35. The Labute approximate surface area is 196 Å². The Kier molecular flexibility index (Phi) is 4.53. The molecule has 5 nitrogen and oxygen atoms in total. The highest BCUT2D eigenvalue weighted by Crippen LogP contribution is 2.39. The van der Waals surface area contributed by atoms with Crippen molar-refractivity contribution in [2.75, 3.05) is 0 Å². The summed E-state index contributed by atoms with van der Waals surface area (Å²) in [6.07, 6.45) is 2.42. The summed E-state index contributed by atoms with van der Waals surface area (Å²) >= 11 is 6.60. The van der Waals surface area contributed by atoms with Crippen molar-refractivity contribution in [1.29, 1.82) is 0 Å². The first-order valence-electron chi connectivity index (χ1n) is 11.4. The lowest BCUT2D eigenvalue weighted by Gasteiger charge is -2.10. The molecule has 1 N–H and O–H groups in total. The molecular formula is C27H24ClN3O2. The predicted molar refractivity (Wildman–Crippen MR) is 133 cm³/mol. The topological polar surface area (TPSA) is 60.1 Å². The second-order valence-electron chi connectivity index (χ2n) is 9.04. The number of carboxylic acid groups (broad SMARTS) is 1. The molecule has 0 saturated heterocycles. The Bertz CT molecular complexity index is 1590. The van der Waals surface area contributed by atoms with E-state index in [9.17, 15) is 9.90 Å². The van der Waals surface area contributed by atoms with E-state index in [0.29, 0.717) is 17.0 Å². The molecule has 0 aliphatic heterocycles. The number of hydrogen-bond acceptors (Lipinski definition) is 2. The van der Waals surface area contributed by atoms with E-state index in [4.69, 9.17) is 16.6 Å². The number of halogens is 1. The molecule has 0 radical (unpaired) electrons. The van der Waals surface area contributed by atoms with Gasteiger partial charge in [0.2, 0.25) is 0 Å². The monoisotopic (exact) mass is 457 g/mol. The number of para-hydroxylation sites is 1. The zero-order chi connectivity index (χ0) is 22.9. The van der Waals surface area contributed by atoms with E-state index in [1.165, 1.54) is 34.6 Å². The first-order chi connectivity index (χ1) is 16.0. The van der Waals surface area contributed by atoms with Crippen molar-refractivity contribution in [1.82, 2.24) is 14.1 Å². The van der Waals surface area contributed by atoms with Gasteiger partial charge in [0.1, 0.15) is 11.3 Å². The fraction of sp³-hybridized carbons (Fsp3) is 0.259. The number of rotatable bonds is 5. The Morgan fingerprint density at radius 2 is 1.82 bits per heavy atom. The van der Waals surface area contributed by atoms with Crippen LogP contribution in [-0.4, -0.2) is 25.2 Å². The minimum absolute atomic E-state index is 0.133. The van der Waals surface area contributed by atoms with Gasteiger partial charge in [-0.1, -0.05) is 29.8 Å². The van der Waals surface area contributed by atoms with Gasteiger partial charge in [0, 0.05) is 40.5 Å². The van der Waals surface area contributed by atoms with Crippen LogP contribution in [-0.2, 0) is 13.1 Å². The Hall–Kier alpha value is -3.31. The van der Waals surface area contributed by atoms with E-state index in [1.807, 2.05) is 6.07 Å². The number of benzene rings is 3. The van der Waals surface area contributed by atoms with Gasteiger partial charge in [0.15, 0.2) is 0 Å². The molecule has 0 bridgehead atoms. The molecule has 0 amide bonds. The minimum Gasteiger partial charge on any atom is -0.478 e. The van der Waals surface area contributed by atoms with Crippen LogP contribution in [0.25, 0.3) is 44.2 Å². The van der Waals surface area contributed by atoms with Gasteiger partial charge in [-0.25, -0.2) is 9.78 Å². The lowest BCUT2D eigenvalue weighted by atomic mass is 10.1. The van der Waals surface area contributed by atoms with Gasteiger partial charge in [-0.15, -0.1) is 0 Å². The first-order valence-corrected chi connectivity index (χ1v) is 11.8. The van der Waals surface area contributed by atoms with Gasteiger partial charge in [-0.2, -0.15) is 0 Å². The van der Waals surface area contributed by atoms with Crippen molar-refractivity contribution in [3.05, 3.63) is 64.7 Å². The summed E-state index contributed by atoms with van der Waals surface area (Å²) in [7, 11) is 0. The third kappa shape index (κ3) is 3.06. The van der Waals surface area contributed by atoms with Crippen molar-refractivity contribution in [2.45, 2.75) is 39.8 Å². The number of carboxylic acids is 1. The van der Waals surface area contributed by atoms with Crippen molar-refractivity contribution in [3.8, 4) is 11.4 Å². The SMILES string of the molecule is CCn1c2ccccc2c2cc(-c3nc4c(Cl)c(C(=O)O)c(C)cc4n3CC3CC3)ccc21. The molecule has 0 unspecified atom stereocenters. The van der Waals surface area contributed by atoms with Crippen molar-refractivity contribution < 1.29 is 9.90 Å². The Morgan fingerprint density at radius 1 is 1.06 bits per heavy atom. The number of aromatic nitrogens is 3. The van der Waals surface area contributed by atoms with Gasteiger partial charge in [-0.3, -0.25) is 0 Å². The summed E-state index contributed by atoms with van der Waals surface area (Å²) in [6, 6.07) is 16.9. The van der Waals surface area contributed by atoms with Crippen LogP contribution < -0.4 is 0 Å². The van der Waals surface area contributed by atoms with Crippen molar-refractivity contribution in [3.63, 3.8) is 0 Å². The summed E-state index contributed by atoms with van der Waals surface area (Å²) in [5.41, 5.74) is 5.70. The molecule has 1 fully saturated rings. The van der Waals surface area contributed by atoms with Gasteiger partial charge >= 0.3 is 5.97 Å².